The molecule has 6 nitrogen and oxygen atoms in total. The van der Waals surface area contributed by atoms with Crippen LogP contribution in [0.1, 0.15) is 17.3 Å². The monoisotopic (exact) mass is 436 g/mol. The van der Waals surface area contributed by atoms with Crippen molar-refractivity contribution in [3.8, 4) is 0 Å². The summed E-state index contributed by atoms with van der Waals surface area (Å²) in [4.78, 5) is 28.3. The largest absolute Gasteiger partial charge is 0.449 e. The number of nitrogens with zero attached hydrogens (tertiary/aromatic N) is 1. The van der Waals surface area contributed by atoms with Crippen molar-refractivity contribution in [2.24, 2.45) is 0 Å². The lowest BCUT2D eigenvalue weighted by molar-refractivity contribution is -0.123. The fourth-order valence-corrected chi connectivity index (χ4v) is 2.40. The molecule has 1 atom stereocenters. The van der Waals surface area contributed by atoms with Gasteiger partial charge in [-0.3, -0.25) is 4.79 Å². The highest BCUT2D eigenvalue weighted by atomic mass is 127. The molecule has 0 spiro atoms. The van der Waals surface area contributed by atoms with Crippen LogP contribution in [0.15, 0.2) is 53.3 Å². The third kappa shape index (κ3) is 3.73. The van der Waals surface area contributed by atoms with Gasteiger partial charge in [-0.25, -0.2) is 9.78 Å². The van der Waals surface area contributed by atoms with Crippen LogP contribution in [-0.2, 0) is 9.53 Å². The Hall–Kier alpha value is -2.42. The second-order valence-electron chi connectivity index (χ2n) is 5.08. The molecule has 7 heteroatoms. The van der Waals surface area contributed by atoms with Crippen molar-refractivity contribution in [3.63, 3.8) is 0 Å². The summed E-state index contributed by atoms with van der Waals surface area (Å²) in [5, 5.41) is 2.70. The zero-order valence-corrected chi connectivity index (χ0v) is 14.8. The van der Waals surface area contributed by atoms with Gasteiger partial charge in [0, 0.05) is 9.26 Å². The molecule has 0 radical (unpaired) electrons. The molecular formula is C17H13IN2O4. The molecule has 0 saturated carbocycles. The van der Waals surface area contributed by atoms with E-state index in [1.54, 1.807) is 30.3 Å². The smallest absolute Gasteiger partial charge is 0.338 e. The maximum absolute atomic E-state index is 12.2. The average molecular weight is 436 g/mol. The van der Waals surface area contributed by atoms with Gasteiger partial charge in [-0.15, -0.1) is 0 Å². The fraction of sp³-hybridized carbons (Fsp3) is 0.118. The fourth-order valence-electron chi connectivity index (χ4n) is 2.04. The summed E-state index contributed by atoms with van der Waals surface area (Å²) in [6.45, 7) is 1.52. The molecule has 1 aromatic heterocycles. The Morgan fingerprint density at radius 3 is 2.71 bits per heavy atom. The van der Waals surface area contributed by atoms with Gasteiger partial charge in [0.25, 0.3) is 5.91 Å². The van der Waals surface area contributed by atoms with E-state index in [2.05, 4.69) is 32.9 Å². The molecule has 3 rings (SSSR count). The van der Waals surface area contributed by atoms with Crippen LogP contribution in [0.3, 0.4) is 0 Å². The van der Waals surface area contributed by atoms with Crippen LogP contribution < -0.4 is 5.32 Å². The number of hydrogen-bond donors (Lipinski definition) is 1. The quantitative estimate of drug-likeness (QED) is 0.499. The number of oxazole rings is 1. The molecule has 2 aromatic carbocycles. The van der Waals surface area contributed by atoms with Gasteiger partial charge in [0.2, 0.25) is 0 Å². The Morgan fingerprint density at radius 1 is 1.21 bits per heavy atom. The summed E-state index contributed by atoms with van der Waals surface area (Å²) >= 11 is 2.18. The minimum atomic E-state index is -0.926. The Balaban J connectivity index is 1.64. The van der Waals surface area contributed by atoms with Gasteiger partial charge in [0.1, 0.15) is 5.52 Å². The molecular weight excluding hydrogens is 423 g/mol. The van der Waals surface area contributed by atoms with Crippen LogP contribution in [0.25, 0.3) is 11.1 Å². The van der Waals surface area contributed by atoms with Crippen molar-refractivity contribution in [3.05, 3.63) is 58.0 Å². The summed E-state index contributed by atoms with van der Waals surface area (Å²) in [7, 11) is 0. The maximum Gasteiger partial charge on any atom is 0.338 e. The second-order valence-corrected chi connectivity index (χ2v) is 6.32. The summed E-state index contributed by atoms with van der Waals surface area (Å²) in [5.41, 5.74) is 2.09. The lowest BCUT2D eigenvalue weighted by Crippen LogP contribution is -2.30. The van der Waals surface area contributed by atoms with Crippen LogP contribution in [-0.4, -0.2) is 23.0 Å². The number of amides is 1. The van der Waals surface area contributed by atoms with Gasteiger partial charge in [-0.05, 0) is 72.0 Å². The number of anilines is 1. The zero-order valence-electron chi connectivity index (χ0n) is 12.7. The normalized spacial score (nSPS) is 11.9. The zero-order chi connectivity index (χ0) is 17.1. The number of carbonyl (C=O) groups is 2. The van der Waals surface area contributed by atoms with Gasteiger partial charge in [-0.1, -0.05) is 0 Å². The lowest BCUT2D eigenvalue weighted by atomic mass is 10.2. The molecule has 1 N–H and O–H groups in total. The number of hydrogen-bond acceptors (Lipinski definition) is 5. The van der Waals surface area contributed by atoms with Crippen LogP contribution in [0, 0.1) is 3.57 Å². The molecule has 122 valence electrons. The van der Waals surface area contributed by atoms with Crippen molar-refractivity contribution >= 4 is 51.3 Å². The third-order valence-corrected chi connectivity index (χ3v) is 4.05. The molecule has 3 aromatic rings. The molecule has 0 fully saturated rings. The first-order valence-electron chi connectivity index (χ1n) is 7.13. The standard InChI is InChI=1S/C17H13IN2O4/c1-10(16(21)20-13-5-3-12(18)4-6-13)24-17(22)11-2-7-15-14(8-11)19-9-23-15/h2-10H,1H3,(H,20,21). The van der Waals surface area contributed by atoms with E-state index >= 15 is 0 Å². The Kier molecular flexibility index (Phi) is 4.79. The molecule has 1 amide bonds. The minimum Gasteiger partial charge on any atom is -0.449 e. The first-order chi connectivity index (χ1) is 11.5. The molecule has 0 aliphatic carbocycles. The van der Waals surface area contributed by atoms with Gasteiger partial charge in [-0.2, -0.15) is 0 Å². The maximum atomic E-state index is 12.2. The number of ether oxygens (including phenoxy) is 1. The third-order valence-electron chi connectivity index (χ3n) is 3.33. The number of nitrogens with one attached hydrogen (secondary N) is 1. The van der Waals surface area contributed by atoms with Gasteiger partial charge in [0.05, 0.1) is 5.56 Å². The van der Waals surface area contributed by atoms with E-state index in [1.165, 1.54) is 13.3 Å². The van der Waals surface area contributed by atoms with E-state index in [1.807, 2.05) is 12.1 Å². The second kappa shape index (κ2) is 7.00. The lowest BCUT2D eigenvalue weighted by Gasteiger charge is -2.13. The Labute approximate surface area is 151 Å². The van der Waals surface area contributed by atoms with Crippen molar-refractivity contribution in [2.75, 3.05) is 5.32 Å². The van der Waals surface area contributed by atoms with Crippen LogP contribution in [0.5, 0.6) is 0 Å². The Morgan fingerprint density at radius 2 is 1.96 bits per heavy atom. The van der Waals surface area contributed by atoms with Crippen LogP contribution in [0.2, 0.25) is 0 Å². The summed E-state index contributed by atoms with van der Waals surface area (Å²) < 4.78 is 11.4. The minimum absolute atomic E-state index is 0.310. The van der Waals surface area contributed by atoms with E-state index < -0.39 is 18.0 Å². The predicted octanol–water partition coefficient (Wildman–Crippen LogP) is 3.62. The number of esters is 1. The van der Waals surface area contributed by atoms with Gasteiger partial charge < -0.3 is 14.5 Å². The number of fused-ring (bicyclic) bond motifs is 1. The molecule has 0 saturated heterocycles. The summed E-state index contributed by atoms with van der Waals surface area (Å²) in [6.07, 6.45) is 0.376. The number of carbonyl (C=O) groups excluding carboxylic acids is 2. The highest BCUT2D eigenvalue weighted by molar-refractivity contribution is 14.1. The van der Waals surface area contributed by atoms with Crippen LogP contribution in [0.4, 0.5) is 5.69 Å². The molecule has 0 bridgehead atoms. The average Bonchev–Trinajstić information content (AvgIpc) is 3.04. The van der Waals surface area contributed by atoms with Crippen molar-refractivity contribution < 1.29 is 18.7 Å². The topological polar surface area (TPSA) is 81.4 Å². The van der Waals surface area contributed by atoms with E-state index in [0.717, 1.165) is 3.57 Å². The van der Waals surface area contributed by atoms with Gasteiger partial charge >= 0.3 is 5.97 Å². The van der Waals surface area contributed by atoms with Crippen LogP contribution >= 0.6 is 22.6 Å². The summed E-state index contributed by atoms with van der Waals surface area (Å²) in [5.74, 6) is -0.989. The molecule has 0 aliphatic heterocycles. The van der Waals surface area contributed by atoms with Gasteiger partial charge in [0.15, 0.2) is 18.1 Å². The highest BCUT2D eigenvalue weighted by Gasteiger charge is 2.19. The molecule has 24 heavy (non-hydrogen) atoms. The van der Waals surface area contributed by atoms with Crippen molar-refractivity contribution in [1.29, 1.82) is 0 Å². The summed E-state index contributed by atoms with van der Waals surface area (Å²) in [6, 6.07) is 12.1. The molecule has 1 unspecified atom stereocenters. The number of benzene rings is 2. The SMILES string of the molecule is CC(OC(=O)c1ccc2ocnc2c1)C(=O)Nc1ccc(I)cc1. The van der Waals surface area contributed by atoms with E-state index in [-0.39, 0.29) is 0 Å². The molecule has 1 heterocycles. The number of aromatic nitrogens is 1. The van der Waals surface area contributed by atoms with Crippen molar-refractivity contribution in [1.82, 2.24) is 4.98 Å². The first-order valence-corrected chi connectivity index (χ1v) is 8.21. The highest BCUT2D eigenvalue weighted by Crippen LogP contribution is 2.16. The number of rotatable bonds is 4. The Bertz CT molecular complexity index is 889. The van der Waals surface area contributed by atoms with Crippen molar-refractivity contribution in [2.45, 2.75) is 13.0 Å². The predicted molar refractivity (Wildman–Crippen MR) is 96.7 cm³/mol. The van der Waals surface area contributed by atoms with E-state index in [4.69, 9.17) is 9.15 Å². The van der Waals surface area contributed by atoms with E-state index in [0.29, 0.717) is 22.4 Å². The number of halogens is 1. The molecule has 0 aliphatic rings. The van der Waals surface area contributed by atoms with E-state index in [9.17, 15) is 9.59 Å². The first kappa shape index (κ1) is 16.4.